The standard InChI is InChI=1S/C26H26N6OS/c1-17-12-20(14-27)13-18(2)22(17)33-25-23-24(28-16-34-23)30-26(31-25)29-21-8-10-32(11-9-21)15-19-6-4-3-5-7-19/h3-7,12-13,16,21H,8-11,15H2,1-2H3,(H,29,30,31). The molecule has 8 heteroatoms. The Balaban J connectivity index is 1.31. The van der Waals surface area contributed by atoms with E-state index in [0.717, 1.165) is 48.3 Å². The van der Waals surface area contributed by atoms with Crippen molar-refractivity contribution in [3.8, 4) is 17.7 Å². The summed E-state index contributed by atoms with van der Waals surface area (Å²) in [5.74, 6) is 1.75. The van der Waals surface area contributed by atoms with Crippen LogP contribution in [0.1, 0.15) is 35.1 Å². The van der Waals surface area contributed by atoms with Crippen molar-refractivity contribution in [3.63, 3.8) is 0 Å². The van der Waals surface area contributed by atoms with Gasteiger partial charge in [-0.15, -0.1) is 11.3 Å². The number of hydrogen-bond donors (Lipinski definition) is 1. The second-order valence-electron chi connectivity index (χ2n) is 8.69. The lowest BCUT2D eigenvalue weighted by molar-refractivity contribution is 0.211. The number of likely N-dealkylation sites (tertiary alicyclic amines) is 1. The van der Waals surface area contributed by atoms with Gasteiger partial charge in [-0.3, -0.25) is 4.90 Å². The van der Waals surface area contributed by atoms with E-state index in [2.05, 4.69) is 56.6 Å². The molecule has 0 aliphatic carbocycles. The van der Waals surface area contributed by atoms with Gasteiger partial charge in [0.15, 0.2) is 5.65 Å². The van der Waals surface area contributed by atoms with Gasteiger partial charge in [0, 0.05) is 25.7 Å². The average molecular weight is 471 g/mol. The van der Waals surface area contributed by atoms with Crippen molar-refractivity contribution in [1.29, 1.82) is 5.26 Å². The molecule has 172 valence electrons. The molecule has 5 rings (SSSR count). The van der Waals surface area contributed by atoms with Gasteiger partial charge < -0.3 is 10.1 Å². The second-order valence-corrected chi connectivity index (χ2v) is 9.55. The fourth-order valence-electron chi connectivity index (χ4n) is 4.40. The SMILES string of the molecule is Cc1cc(C#N)cc(C)c1Oc1nc(NC2CCN(Cc3ccccc3)CC2)nc2ncsc12. The minimum absolute atomic E-state index is 0.300. The van der Waals surface area contributed by atoms with Crippen molar-refractivity contribution in [2.45, 2.75) is 39.3 Å². The first-order valence-electron chi connectivity index (χ1n) is 11.4. The molecule has 0 saturated carbocycles. The minimum Gasteiger partial charge on any atom is -0.437 e. The number of nitrogens with one attached hydrogen (secondary N) is 1. The Labute approximate surface area is 203 Å². The number of piperidine rings is 1. The first kappa shape index (κ1) is 22.3. The largest absolute Gasteiger partial charge is 0.437 e. The lowest BCUT2D eigenvalue weighted by Crippen LogP contribution is -2.39. The van der Waals surface area contributed by atoms with Crippen molar-refractivity contribution in [3.05, 3.63) is 70.2 Å². The first-order chi connectivity index (χ1) is 16.6. The van der Waals surface area contributed by atoms with Crippen LogP contribution in [0, 0.1) is 25.2 Å². The maximum atomic E-state index is 9.23. The van der Waals surface area contributed by atoms with Gasteiger partial charge in [0.05, 0.1) is 17.1 Å². The van der Waals surface area contributed by atoms with E-state index in [1.807, 2.05) is 26.0 Å². The van der Waals surface area contributed by atoms with Crippen molar-refractivity contribution in [2.24, 2.45) is 0 Å². The number of benzene rings is 2. The molecule has 2 aromatic heterocycles. The summed E-state index contributed by atoms with van der Waals surface area (Å²) in [5, 5.41) is 12.7. The molecule has 4 aromatic rings. The van der Waals surface area contributed by atoms with Crippen molar-refractivity contribution < 1.29 is 4.74 Å². The lowest BCUT2D eigenvalue weighted by Gasteiger charge is -2.32. The minimum atomic E-state index is 0.300. The van der Waals surface area contributed by atoms with Gasteiger partial charge >= 0.3 is 0 Å². The highest BCUT2D eigenvalue weighted by atomic mass is 32.1. The number of nitrogens with zero attached hydrogens (tertiary/aromatic N) is 5. The van der Waals surface area contributed by atoms with E-state index in [1.54, 1.807) is 5.51 Å². The van der Waals surface area contributed by atoms with Crippen LogP contribution >= 0.6 is 11.3 Å². The highest BCUT2D eigenvalue weighted by molar-refractivity contribution is 7.17. The van der Waals surface area contributed by atoms with Crippen molar-refractivity contribution in [2.75, 3.05) is 18.4 Å². The summed E-state index contributed by atoms with van der Waals surface area (Å²) in [6.07, 6.45) is 2.05. The molecule has 2 aromatic carbocycles. The number of thiazole rings is 1. The summed E-state index contributed by atoms with van der Waals surface area (Å²) in [6, 6.07) is 16.8. The number of ether oxygens (including phenoxy) is 1. The van der Waals surface area contributed by atoms with Gasteiger partial charge in [0.1, 0.15) is 10.4 Å². The lowest BCUT2D eigenvalue weighted by atomic mass is 10.0. The third kappa shape index (κ3) is 4.86. The van der Waals surface area contributed by atoms with Crippen LogP contribution in [-0.4, -0.2) is 39.0 Å². The second kappa shape index (κ2) is 9.75. The molecule has 1 N–H and O–H groups in total. The summed E-state index contributed by atoms with van der Waals surface area (Å²) >= 11 is 1.46. The predicted molar refractivity (Wildman–Crippen MR) is 134 cm³/mol. The number of anilines is 1. The Morgan fingerprint density at radius 3 is 2.56 bits per heavy atom. The molecule has 3 heterocycles. The Hall–Kier alpha value is -3.54. The quantitative estimate of drug-likeness (QED) is 0.401. The predicted octanol–water partition coefficient (Wildman–Crippen LogP) is 5.44. The monoisotopic (exact) mass is 470 g/mol. The van der Waals surface area contributed by atoms with Crippen LogP contribution in [0.2, 0.25) is 0 Å². The molecule has 7 nitrogen and oxygen atoms in total. The molecule has 0 unspecified atom stereocenters. The van der Waals surface area contributed by atoms with Gasteiger partial charge in [0.25, 0.3) is 0 Å². The Kier molecular flexibility index (Phi) is 6.39. The molecule has 0 atom stereocenters. The van der Waals surface area contributed by atoms with Crippen LogP contribution < -0.4 is 10.1 Å². The zero-order valence-electron chi connectivity index (χ0n) is 19.3. The van der Waals surface area contributed by atoms with E-state index in [4.69, 9.17) is 9.72 Å². The van der Waals surface area contributed by atoms with Crippen molar-refractivity contribution >= 4 is 27.6 Å². The number of aromatic nitrogens is 3. The molecule has 0 bridgehead atoms. The average Bonchev–Trinajstić information content (AvgIpc) is 3.32. The maximum absolute atomic E-state index is 9.23. The Bertz CT molecular complexity index is 1320. The summed E-state index contributed by atoms with van der Waals surface area (Å²) in [5.41, 5.74) is 6.15. The highest BCUT2D eigenvalue weighted by Crippen LogP contribution is 2.35. The molecule has 1 fully saturated rings. The van der Waals surface area contributed by atoms with Gasteiger partial charge in [-0.2, -0.15) is 15.2 Å². The maximum Gasteiger partial charge on any atom is 0.243 e. The van der Waals surface area contributed by atoms with Crippen LogP contribution in [0.15, 0.2) is 48.0 Å². The van der Waals surface area contributed by atoms with Gasteiger partial charge in [-0.1, -0.05) is 30.3 Å². The smallest absolute Gasteiger partial charge is 0.243 e. The Morgan fingerprint density at radius 1 is 1.12 bits per heavy atom. The molecule has 0 radical (unpaired) electrons. The third-order valence-corrected chi connectivity index (χ3v) is 6.92. The van der Waals surface area contributed by atoms with Crippen molar-refractivity contribution in [1.82, 2.24) is 19.9 Å². The molecule has 1 aliphatic heterocycles. The molecular weight excluding hydrogens is 444 g/mol. The van der Waals surface area contributed by atoms with E-state index in [9.17, 15) is 5.26 Å². The fourth-order valence-corrected chi connectivity index (χ4v) is 5.05. The van der Waals surface area contributed by atoms with E-state index < -0.39 is 0 Å². The molecule has 34 heavy (non-hydrogen) atoms. The number of fused-ring (bicyclic) bond motifs is 1. The van der Waals surface area contributed by atoms with Crippen LogP contribution in [-0.2, 0) is 6.54 Å². The summed E-state index contributed by atoms with van der Waals surface area (Å²) < 4.78 is 7.10. The van der Waals surface area contributed by atoms with Gasteiger partial charge in [-0.25, -0.2) is 4.98 Å². The van der Waals surface area contributed by atoms with E-state index >= 15 is 0 Å². The normalized spacial score (nSPS) is 14.7. The summed E-state index contributed by atoms with van der Waals surface area (Å²) in [4.78, 5) is 16.2. The number of nitriles is 1. The Morgan fingerprint density at radius 2 is 1.85 bits per heavy atom. The summed E-state index contributed by atoms with van der Waals surface area (Å²) in [7, 11) is 0. The molecule has 0 spiro atoms. The van der Waals surface area contributed by atoms with Crippen LogP contribution in [0.25, 0.3) is 10.3 Å². The third-order valence-electron chi connectivity index (χ3n) is 6.12. The van der Waals surface area contributed by atoms with E-state index in [-0.39, 0.29) is 0 Å². The van der Waals surface area contributed by atoms with E-state index in [0.29, 0.717) is 34.8 Å². The van der Waals surface area contributed by atoms with Crippen LogP contribution in [0.5, 0.6) is 11.6 Å². The van der Waals surface area contributed by atoms with Gasteiger partial charge in [-0.05, 0) is 55.5 Å². The molecule has 1 saturated heterocycles. The zero-order valence-corrected chi connectivity index (χ0v) is 20.1. The molecule has 0 amide bonds. The van der Waals surface area contributed by atoms with E-state index in [1.165, 1.54) is 16.9 Å². The first-order valence-corrected chi connectivity index (χ1v) is 12.3. The zero-order chi connectivity index (χ0) is 23.5. The molecule has 1 aliphatic rings. The highest BCUT2D eigenvalue weighted by Gasteiger charge is 2.22. The molecular formula is C26H26N6OS. The van der Waals surface area contributed by atoms with Gasteiger partial charge in [0.2, 0.25) is 11.8 Å². The fraction of sp³-hybridized carbons (Fsp3) is 0.308. The number of rotatable bonds is 6. The summed E-state index contributed by atoms with van der Waals surface area (Å²) in [6.45, 7) is 6.92. The topological polar surface area (TPSA) is 87.0 Å². The number of aryl methyl sites for hydroxylation is 2. The van der Waals surface area contributed by atoms with Crippen LogP contribution in [0.3, 0.4) is 0 Å². The number of hydrogen-bond acceptors (Lipinski definition) is 8. The van der Waals surface area contributed by atoms with Crippen LogP contribution in [0.4, 0.5) is 5.95 Å².